The zero-order valence-electron chi connectivity index (χ0n) is 11.2. The molecule has 0 atom stereocenters. The second-order valence-electron chi connectivity index (χ2n) is 5.44. The topological polar surface area (TPSA) is 40.5 Å². The molecule has 1 saturated heterocycles. The molecular formula is C15H18ClNO2. The lowest BCUT2D eigenvalue weighted by Gasteiger charge is -2.35. The third-order valence-electron chi connectivity index (χ3n) is 3.59. The Kier molecular flexibility index (Phi) is 3.85. The highest BCUT2D eigenvalue weighted by atomic mass is 35.5. The van der Waals surface area contributed by atoms with Crippen molar-refractivity contribution in [2.24, 2.45) is 0 Å². The van der Waals surface area contributed by atoms with Crippen LogP contribution in [-0.2, 0) is 4.79 Å². The zero-order chi connectivity index (χ0) is 14.0. The minimum atomic E-state index is -0.943. The van der Waals surface area contributed by atoms with E-state index in [9.17, 15) is 4.79 Å². The lowest BCUT2D eigenvalue weighted by molar-refractivity contribution is -0.131. The lowest BCUT2D eigenvalue weighted by atomic mass is 10.0. The number of rotatable bonds is 3. The highest BCUT2D eigenvalue weighted by molar-refractivity contribution is 6.31. The molecule has 1 aliphatic rings. The molecule has 0 aromatic heterocycles. The van der Waals surface area contributed by atoms with Crippen LogP contribution in [0.5, 0.6) is 0 Å². The van der Waals surface area contributed by atoms with Crippen molar-refractivity contribution in [1.82, 2.24) is 0 Å². The van der Waals surface area contributed by atoms with Crippen LogP contribution in [0.3, 0.4) is 0 Å². The first-order valence-electron chi connectivity index (χ1n) is 6.38. The molecular weight excluding hydrogens is 262 g/mol. The van der Waals surface area contributed by atoms with Gasteiger partial charge < -0.3 is 10.0 Å². The Balaban J connectivity index is 2.43. The average Bonchev–Trinajstić information content (AvgIpc) is 2.67. The lowest BCUT2D eigenvalue weighted by Crippen LogP contribution is -2.38. The third kappa shape index (κ3) is 3.10. The average molecular weight is 280 g/mol. The van der Waals surface area contributed by atoms with Gasteiger partial charge >= 0.3 is 5.97 Å². The van der Waals surface area contributed by atoms with Gasteiger partial charge in [-0.15, -0.1) is 0 Å². The maximum Gasteiger partial charge on any atom is 0.328 e. The molecule has 1 heterocycles. The smallest absolute Gasteiger partial charge is 0.328 e. The van der Waals surface area contributed by atoms with Crippen LogP contribution in [0.25, 0.3) is 6.08 Å². The SMILES string of the molecule is CC1(C)CCCN1c1cc(Cl)ccc1/C=C/C(=O)O. The van der Waals surface area contributed by atoms with Crippen molar-refractivity contribution in [2.75, 3.05) is 11.4 Å². The standard InChI is InChI=1S/C15H18ClNO2/c1-15(2)8-3-9-17(15)13-10-12(16)6-4-11(13)5-7-14(18)19/h4-7,10H,3,8-9H2,1-2H3,(H,18,19)/b7-5+. The summed E-state index contributed by atoms with van der Waals surface area (Å²) >= 11 is 6.08. The fourth-order valence-corrected chi connectivity index (χ4v) is 2.77. The van der Waals surface area contributed by atoms with Crippen molar-refractivity contribution in [3.05, 3.63) is 34.9 Å². The predicted octanol–water partition coefficient (Wildman–Crippen LogP) is 3.82. The van der Waals surface area contributed by atoms with Gasteiger partial charge in [-0.2, -0.15) is 0 Å². The van der Waals surface area contributed by atoms with E-state index in [0.717, 1.165) is 36.7 Å². The Morgan fingerprint density at radius 3 is 2.79 bits per heavy atom. The zero-order valence-corrected chi connectivity index (χ0v) is 11.9. The van der Waals surface area contributed by atoms with Gasteiger partial charge in [-0.05, 0) is 50.5 Å². The minimum absolute atomic E-state index is 0.0799. The first-order valence-corrected chi connectivity index (χ1v) is 6.76. The number of benzene rings is 1. The molecule has 1 fully saturated rings. The Labute approximate surface area is 118 Å². The third-order valence-corrected chi connectivity index (χ3v) is 3.82. The number of carbonyl (C=O) groups is 1. The molecule has 3 nitrogen and oxygen atoms in total. The molecule has 1 aliphatic heterocycles. The molecule has 1 aromatic rings. The highest BCUT2D eigenvalue weighted by Gasteiger charge is 2.32. The van der Waals surface area contributed by atoms with E-state index in [1.54, 1.807) is 12.1 Å². The Hall–Kier alpha value is -1.48. The molecule has 1 N–H and O–H groups in total. The Bertz CT molecular complexity index is 523. The quantitative estimate of drug-likeness (QED) is 0.855. The van der Waals surface area contributed by atoms with E-state index in [1.165, 1.54) is 0 Å². The number of carboxylic acids is 1. The normalized spacial score (nSPS) is 18.2. The molecule has 4 heteroatoms. The van der Waals surface area contributed by atoms with E-state index in [2.05, 4.69) is 18.7 Å². The van der Waals surface area contributed by atoms with E-state index >= 15 is 0 Å². The molecule has 2 rings (SSSR count). The van der Waals surface area contributed by atoms with Crippen LogP contribution in [0.4, 0.5) is 5.69 Å². The summed E-state index contributed by atoms with van der Waals surface area (Å²) in [4.78, 5) is 13.0. The van der Waals surface area contributed by atoms with Crippen LogP contribution in [0.15, 0.2) is 24.3 Å². The number of nitrogens with zero attached hydrogens (tertiary/aromatic N) is 1. The molecule has 0 bridgehead atoms. The fraction of sp³-hybridized carbons (Fsp3) is 0.400. The van der Waals surface area contributed by atoms with Crippen LogP contribution in [0.2, 0.25) is 5.02 Å². The van der Waals surface area contributed by atoms with Gasteiger partial charge in [0.05, 0.1) is 0 Å². The molecule has 102 valence electrons. The summed E-state index contributed by atoms with van der Waals surface area (Å²) in [6.07, 6.45) is 5.06. The molecule has 0 unspecified atom stereocenters. The number of aliphatic carboxylic acids is 1. The molecule has 0 aliphatic carbocycles. The Morgan fingerprint density at radius 2 is 2.21 bits per heavy atom. The molecule has 0 spiro atoms. The minimum Gasteiger partial charge on any atom is -0.478 e. The van der Waals surface area contributed by atoms with Gasteiger partial charge in [0.1, 0.15) is 0 Å². The Morgan fingerprint density at radius 1 is 1.47 bits per heavy atom. The van der Waals surface area contributed by atoms with E-state index in [4.69, 9.17) is 16.7 Å². The largest absolute Gasteiger partial charge is 0.478 e. The van der Waals surface area contributed by atoms with Crippen molar-refractivity contribution in [3.63, 3.8) is 0 Å². The van der Waals surface area contributed by atoms with Crippen LogP contribution in [-0.4, -0.2) is 23.2 Å². The summed E-state index contributed by atoms with van der Waals surface area (Å²) in [7, 11) is 0. The highest BCUT2D eigenvalue weighted by Crippen LogP contribution is 2.37. The molecule has 19 heavy (non-hydrogen) atoms. The summed E-state index contributed by atoms with van der Waals surface area (Å²) in [5.41, 5.74) is 1.98. The van der Waals surface area contributed by atoms with E-state index in [-0.39, 0.29) is 5.54 Å². The molecule has 0 radical (unpaired) electrons. The number of halogens is 1. The van der Waals surface area contributed by atoms with Crippen molar-refractivity contribution in [3.8, 4) is 0 Å². The van der Waals surface area contributed by atoms with Gasteiger partial charge in [-0.25, -0.2) is 4.79 Å². The number of carboxylic acid groups (broad SMARTS) is 1. The summed E-state index contributed by atoms with van der Waals surface area (Å²) in [5.74, 6) is -0.943. The van der Waals surface area contributed by atoms with Crippen molar-refractivity contribution in [2.45, 2.75) is 32.2 Å². The second kappa shape index (κ2) is 5.25. The first kappa shape index (κ1) is 13.9. The summed E-state index contributed by atoms with van der Waals surface area (Å²) in [5, 5.41) is 9.43. The fourth-order valence-electron chi connectivity index (χ4n) is 2.61. The molecule has 0 saturated carbocycles. The van der Waals surface area contributed by atoms with Gasteiger partial charge in [-0.3, -0.25) is 0 Å². The van der Waals surface area contributed by atoms with E-state index in [1.807, 2.05) is 12.1 Å². The predicted molar refractivity (Wildman–Crippen MR) is 78.8 cm³/mol. The maximum atomic E-state index is 10.7. The molecule has 0 amide bonds. The van der Waals surface area contributed by atoms with E-state index < -0.39 is 5.97 Å². The van der Waals surface area contributed by atoms with Crippen LogP contribution in [0.1, 0.15) is 32.3 Å². The first-order chi connectivity index (χ1) is 8.90. The number of hydrogen-bond donors (Lipinski definition) is 1. The molecule has 1 aromatic carbocycles. The monoisotopic (exact) mass is 279 g/mol. The van der Waals surface area contributed by atoms with Gasteiger partial charge in [0, 0.05) is 28.9 Å². The summed E-state index contributed by atoms with van der Waals surface area (Å²) < 4.78 is 0. The van der Waals surface area contributed by atoms with Crippen LogP contribution < -0.4 is 4.90 Å². The summed E-state index contributed by atoms with van der Waals surface area (Å²) in [6, 6.07) is 5.57. The second-order valence-corrected chi connectivity index (χ2v) is 5.88. The van der Waals surface area contributed by atoms with Crippen molar-refractivity contribution in [1.29, 1.82) is 0 Å². The van der Waals surface area contributed by atoms with Gasteiger partial charge in [-0.1, -0.05) is 17.7 Å². The summed E-state index contributed by atoms with van der Waals surface area (Å²) in [6.45, 7) is 5.37. The van der Waals surface area contributed by atoms with E-state index in [0.29, 0.717) is 5.02 Å². The van der Waals surface area contributed by atoms with Crippen LogP contribution >= 0.6 is 11.6 Å². The van der Waals surface area contributed by atoms with Gasteiger partial charge in [0.15, 0.2) is 0 Å². The number of anilines is 1. The number of hydrogen-bond acceptors (Lipinski definition) is 2. The van der Waals surface area contributed by atoms with Gasteiger partial charge in [0.25, 0.3) is 0 Å². The maximum absolute atomic E-state index is 10.7. The van der Waals surface area contributed by atoms with Crippen LogP contribution in [0, 0.1) is 0 Å². The van der Waals surface area contributed by atoms with Crippen molar-refractivity contribution < 1.29 is 9.90 Å². The van der Waals surface area contributed by atoms with Gasteiger partial charge in [0.2, 0.25) is 0 Å². The van der Waals surface area contributed by atoms with Crippen molar-refractivity contribution >= 4 is 29.3 Å².